The third-order valence-corrected chi connectivity index (χ3v) is 3.09. The molecule has 18 heavy (non-hydrogen) atoms. The van der Waals surface area contributed by atoms with Gasteiger partial charge in [0, 0.05) is 12.5 Å². The predicted octanol–water partition coefficient (Wildman–Crippen LogP) is 3.56. The molecule has 0 bridgehead atoms. The highest BCUT2D eigenvalue weighted by molar-refractivity contribution is 9.08. The largest absolute Gasteiger partial charge is 0.493 e. The Balaban J connectivity index is 2.50. The van der Waals surface area contributed by atoms with E-state index < -0.39 is 0 Å². The average molecular weight is 312 g/mol. The smallest absolute Gasteiger partial charge is 0.191 e. The molecule has 2 aromatic rings. The molecule has 0 N–H and O–H groups in total. The Hall–Kier alpha value is -1.49. The Morgan fingerprint density at radius 2 is 1.94 bits per heavy atom. The first-order chi connectivity index (χ1) is 8.69. The number of alkyl halides is 1. The number of oxazole rings is 1. The SMILES string of the molecule is COc1ccc(-c2nc(C)oc2CBr)cc1OC. The molecule has 96 valence electrons. The van der Waals surface area contributed by atoms with E-state index in [1.54, 1.807) is 14.2 Å². The fourth-order valence-electron chi connectivity index (χ4n) is 1.77. The predicted molar refractivity (Wildman–Crippen MR) is 72.4 cm³/mol. The Morgan fingerprint density at radius 3 is 2.56 bits per heavy atom. The Morgan fingerprint density at radius 1 is 1.22 bits per heavy atom. The van der Waals surface area contributed by atoms with E-state index in [0.29, 0.717) is 22.7 Å². The van der Waals surface area contributed by atoms with E-state index in [4.69, 9.17) is 13.9 Å². The number of halogens is 1. The number of aryl methyl sites for hydroxylation is 1. The van der Waals surface area contributed by atoms with E-state index >= 15 is 0 Å². The maximum absolute atomic E-state index is 5.52. The quantitative estimate of drug-likeness (QED) is 0.810. The number of aromatic nitrogens is 1. The van der Waals surface area contributed by atoms with Crippen molar-refractivity contribution < 1.29 is 13.9 Å². The van der Waals surface area contributed by atoms with E-state index in [0.717, 1.165) is 17.0 Å². The molecule has 0 aliphatic heterocycles. The Bertz CT molecular complexity index is 551. The first-order valence-electron chi connectivity index (χ1n) is 5.44. The van der Waals surface area contributed by atoms with Crippen LogP contribution >= 0.6 is 15.9 Å². The molecule has 0 spiro atoms. The van der Waals surface area contributed by atoms with Crippen LogP contribution in [-0.4, -0.2) is 19.2 Å². The standard InChI is InChI=1S/C13H14BrNO3/c1-8-15-13(12(7-14)18-8)9-4-5-10(16-2)11(6-9)17-3/h4-6H,7H2,1-3H3. The molecule has 0 saturated carbocycles. The van der Waals surface area contributed by atoms with Crippen LogP contribution in [0.25, 0.3) is 11.3 Å². The second-order valence-corrected chi connectivity index (χ2v) is 4.27. The van der Waals surface area contributed by atoms with Crippen LogP contribution in [0.2, 0.25) is 0 Å². The van der Waals surface area contributed by atoms with Crippen LogP contribution in [0.3, 0.4) is 0 Å². The topological polar surface area (TPSA) is 44.5 Å². The summed E-state index contributed by atoms with van der Waals surface area (Å²) < 4.78 is 16.0. The van der Waals surface area contributed by atoms with Crippen molar-refractivity contribution in [1.82, 2.24) is 4.98 Å². The summed E-state index contributed by atoms with van der Waals surface area (Å²) in [6, 6.07) is 5.68. The van der Waals surface area contributed by atoms with Gasteiger partial charge in [-0.05, 0) is 18.2 Å². The molecule has 0 unspecified atom stereocenters. The summed E-state index contributed by atoms with van der Waals surface area (Å²) in [6.07, 6.45) is 0. The minimum atomic E-state index is 0.623. The summed E-state index contributed by atoms with van der Waals surface area (Å²) in [5.41, 5.74) is 1.77. The lowest BCUT2D eigenvalue weighted by molar-refractivity contribution is 0.355. The second-order valence-electron chi connectivity index (χ2n) is 3.71. The lowest BCUT2D eigenvalue weighted by Crippen LogP contribution is -1.91. The molecule has 0 amide bonds. The van der Waals surface area contributed by atoms with Gasteiger partial charge in [0.25, 0.3) is 0 Å². The average Bonchev–Trinajstić information content (AvgIpc) is 2.79. The van der Waals surface area contributed by atoms with Gasteiger partial charge in [0.15, 0.2) is 17.4 Å². The zero-order valence-corrected chi connectivity index (χ0v) is 12.1. The van der Waals surface area contributed by atoms with E-state index in [1.165, 1.54) is 0 Å². The molecule has 0 saturated heterocycles. The number of nitrogens with zero attached hydrogens (tertiary/aromatic N) is 1. The van der Waals surface area contributed by atoms with Crippen LogP contribution in [0.1, 0.15) is 11.7 Å². The molecule has 0 aliphatic carbocycles. The maximum atomic E-state index is 5.52. The van der Waals surface area contributed by atoms with Gasteiger partial charge in [0.05, 0.1) is 19.5 Å². The monoisotopic (exact) mass is 311 g/mol. The molecule has 0 atom stereocenters. The van der Waals surface area contributed by atoms with Crippen molar-refractivity contribution in [2.24, 2.45) is 0 Å². The normalized spacial score (nSPS) is 10.4. The first-order valence-corrected chi connectivity index (χ1v) is 6.56. The lowest BCUT2D eigenvalue weighted by atomic mass is 10.1. The fourth-order valence-corrected chi connectivity index (χ4v) is 2.15. The zero-order valence-electron chi connectivity index (χ0n) is 10.5. The lowest BCUT2D eigenvalue weighted by Gasteiger charge is -2.08. The van der Waals surface area contributed by atoms with Crippen LogP contribution in [0, 0.1) is 6.92 Å². The summed E-state index contributed by atoms with van der Waals surface area (Å²) in [5, 5.41) is 0.623. The summed E-state index contributed by atoms with van der Waals surface area (Å²) in [5.74, 6) is 2.83. The van der Waals surface area contributed by atoms with Crippen LogP contribution < -0.4 is 9.47 Å². The molecule has 5 heteroatoms. The van der Waals surface area contributed by atoms with Gasteiger partial charge >= 0.3 is 0 Å². The van der Waals surface area contributed by atoms with E-state index in [-0.39, 0.29) is 0 Å². The van der Waals surface area contributed by atoms with Gasteiger partial charge < -0.3 is 13.9 Å². The van der Waals surface area contributed by atoms with Crippen LogP contribution in [0.5, 0.6) is 11.5 Å². The number of hydrogen-bond acceptors (Lipinski definition) is 4. The number of hydrogen-bond donors (Lipinski definition) is 0. The van der Waals surface area contributed by atoms with Crippen LogP contribution in [0.4, 0.5) is 0 Å². The van der Waals surface area contributed by atoms with Gasteiger partial charge in [0.2, 0.25) is 0 Å². The summed E-state index contributed by atoms with van der Waals surface area (Å²) >= 11 is 3.39. The third-order valence-electron chi connectivity index (χ3n) is 2.58. The third kappa shape index (κ3) is 2.36. The molecule has 1 heterocycles. The van der Waals surface area contributed by atoms with E-state index in [9.17, 15) is 0 Å². The van der Waals surface area contributed by atoms with Crippen LogP contribution in [-0.2, 0) is 5.33 Å². The minimum absolute atomic E-state index is 0.623. The number of methoxy groups -OCH3 is 2. The zero-order chi connectivity index (χ0) is 13.1. The molecule has 0 fully saturated rings. The van der Waals surface area contributed by atoms with Crippen molar-refractivity contribution in [1.29, 1.82) is 0 Å². The van der Waals surface area contributed by atoms with E-state index in [2.05, 4.69) is 20.9 Å². The van der Waals surface area contributed by atoms with E-state index in [1.807, 2.05) is 25.1 Å². The fraction of sp³-hybridized carbons (Fsp3) is 0.308. The number of benzene rings is 1. The highest BCUT2D eigenvalue weighted by Crippen LogP contribution is 2.33. The summed E-state index contributed by atoms with van der Waals surface area (Å²) in [4.78, 5) is 4.39. The van der Waals surface area contributed by atoms with Gasteiger partial charge in [-0.1, -0.05) is 15.9 Å². The van der Waals surface area contributed by atoms with Crippen molar-refractivity contribution in [2.45, 2.75) is 12.3 Å². The molecule has 0 aliphatic rings. The summed E-state index contributed by atoms with van der Waals surface area (Å²) in [7, 11) is 3.22. The van der Waals surface area contributed by atoms with Crippen molar-refractivity contribution in [3.63, 3.8) is 0 Å². The number of ether oxygens (including phenoxy) is 2. The highest BCUT2D eigenvalue weighted by atomic mass is 79.9. The highest BCUT2D eigenvalue weighted by Gasteiger charge is 2.14. The van der Waals surface area contributed by atoms with Gasteiger partial charge in [-0.25, -0.2) is 4.98 Å². The molecular formula is C13H14BrNO3. The Kier molecular flexibility index (Phi) is 3.91. The Labute approximate surface area is 114 Å². The van der Waals surface area contributed by atoms with Gasteiger partial charge in [-0.15, -0.1) is 0 Å². The van der Waals surface area contributed by atoms with Crippen molar-refractivity contribution in [2.75, 3.05) is 14.2 Å². The molecule has 0 radical (unpaired) electrons. The van der Waals surface area contributed by atoms with Gasteiger partial charge in [-0.2, -0.15) is 0 Å². The first kappa shape index (κ1) is 13.0. The van der Waals surface area contributed by atoms with Gasteiger partial charge in [-0.3, -0.25) is 0 Å². The second kappa shape index (κ2) is 5.44. The molecule has 1 aromatic carbocycles. The molecule has 4 nitrogen and oxygen atoms in total. The molecule has 1 aromatic heterocycles. The molecule has 2 rings (SSSR count). The maximum Gasteiger partial charge on any atom is 0.191 e. The van der Waals surface area contributed by atoms with Crippen molar-refractivity contribution in [3.8, 4) is 22.8 Å². The van der Waals surface area contributed by atoms with Gasteiger partial charge in [0.1, 0.15) is 11.5 Å². The molecular weight excluding hydrogens is 298 g/mol. The minimum Gasteiger partial charge on any atom is -0.493 e. The summed E-state index contributed by atoms with van der Waals surface area (Å²) in [6.45, 7) is 1.83. The van der Waals surface area contributed by atoms with Crippen molar-refractivity contribution >= 4 is 15.9 Å². The number of rotatable bonds is 4. The van der Waals surface area contributed by atoms with Crippen molar-refractivity contribution in [3.05, 3.63) is 29.9 Å². The van der Waals surface area contributed by atoms with Crippen LogP contribution in [0.15, 0.2) is 22.6 Å².